The number of amides is 1. The second-order valence-corrected chi connectivity index (χ2v) is 3.87. The van der Waals surface area contributed by atoms with Gasteiger partial charge in [-0.1, -0.05) is 0 Å². The molecule has 9 heteroatoms. The van der Waals surface area contributed by atoms with Crippen molar-refractivity contribution in [2.24, 2.45) is 0 Å². The maximum atomic E-state index is 12.1. The van der Waals surface area contributed by atoms with Crippen LogP contribution in [0.1, 0.15) is 10.5 Å². The first-order chi connectivity index (χ1) is 9.65. The van der Waals surface area contributed by atoms with E-state index in [0.717, 1.165) is 16.9 Å². The van der Waals surface area contributed by atoms with Crippen molar-refractivity contribution in [2.45, 2.75) is 0 Å². The molecule has 0 atom stereocenters. The molecule has 0 aliphatic heterocycles. The van der Waals surface area contributed by atoms with Crippen LogP contribution in [0.4, 0.5) is 0 Å². The van der Waals surface area contributed by atoms with Crippen LogP contribution in [0.25, 0.3) is 5.52 Å². The molecule has 0 saturated heterocycles. The second-order valence-electron chi connectivity index (χ2n) is 3.87. The van der Waals surface area contributed by atoms with Gasteiger partial charge in [0, 0.05) is 18.5 Å². The van der Waals surface area contributed by atoms with Crippen LogP contribution in [0.5, 0.6) is 0 Å². The summed E-state index contributed by atoms with van der Waals surface area (Å²) >= 11 is 0. The van der Waals surface area contributed by atoms with Crippen LogP contribution in [0, 0.1) is 0 Å². The van der Waals surface area contributed by atoms with Crippen LogP contribution < -0.4 is 16.7 Å². The van der Waals surface area contributed by atoms with Gasteiger partial charge in [0.2, 0.25) is 0 Å². The van der Waals surface area contributed by atoms with E-state index in [4.69, 9.17) is 0 Å². The molecule has 100 valence electrons. The highest BCUT2D eigenvalue weighted by atomic mass is 16.2. The predicted octanol–water partition coefficient (Wildman–Crippen LogP) is -1.04. The SMILES string of the molecule is O=C(Nn1ccc(=O)[nH]c1=O)c1ncnn2cccc12. The third kappa shape index (κ3) is 1.96. The molecule has 3 aromatic rings. The van der Waals surface area contributed by atoms with Gasteiger partial charge in [-0.25, -0.2) is 19.0 Å². The number of fused-ring (bicyclic) bond motifs is 1. The quantitative estimate of drug-likeness (QED) is 0.618. The van der Waals surface area contributed by atoms with E-state index in [1.807, 2.05) is 4.98 Å². The van der Waals surface area contributed by atoms with Gasteiger partial charge < -0.3 is 0 Å². The minimum atomic E-state index is -0.744. The van der Waals surface area contributed by atoms with E-state index in [-0.39, 0.29) is 5.69 Å². The molecule has 9 nitrogen and oxygen atoms in total. The van der Waals surface area contributed by atoms with E-state index in [9.17, 15) is 14.4 Å². The second kappa shape index (κ2) is 4.46. The molecule has 20 heavy (non-hydrogen) atoms. The summed E-state index contributed by atoms with van der Waals surface area (Å²) in [4.78, 5) is 40.4. The molecule has 3 heterocycles. The molecule has 0 bridgehead atoms. The Labute approximate surface area is 110 Å². The number of carbonyl (C=O) groups is 1. The zero-order valence-corrected chi connectivity index (χ0v) is 9.98. The van der Waals surface area contributed by atoms with Gasteiger partial charge >= 0.3 is 5.69 Å². The average molecular weight is 272 g/mol. The fourth-order valence-electron chi connectivity index (χ4n) is 1.71. The Morgan fingerprint density at radius 3 is 2.90 bits per heavy atom. The molecule has 0 unspecified atom stereocenters. The molecule has 3 rings (SSSR count). The van der Waals surface area contributed by atoms with Gasteiger partial charge in [0.15, 0.2) is 5.69 Å². The molecule has 1 amide bonds. The number of aromatic nitrogens is 5. The Bertz CT molecular complexity index is 906. The molecule has 0 fully saturated rings. The number of rotatable bonds is 2. The van der Waals surface area contributed by atoms with E-state index in [2.05, 4.69) is 15.5 Å². The summed E-state index contributed by atoms with van der Waals surface area (Å²) < 4.78 is 2.35. The van der Waals surface area contributed by atoms with Crippen molar-refractivity contribution in [2.75, 3.05) is 5.43 Å². The van der Waals surface area contributed by atoms with Gasteiger partial charge in [0.1, 0.15) is 6.33 Å². The summed E-state index contributed by atoms with van der Waals surface area (Å²) in [5.41, 5.74) is 1.65. The Hall–Kier alpha value is -3.23. The number of H-pyrrole nitrogens is 1. The van der Waals surface area contributed by atoms with E-state index >= 15 is 0 Å². The monoisotopic (exact) mass is 272 g/mol. The largest absolute Gasteiger partial charge is 0.347 e. The van der Waals surface area contributed by atoms with Crippen LogP contribution in [-0.2, 0) is 0 Å². The van der Waals surface area contributed by atoms with Crippen LogP contribution in [-0.4, -0.2) is 30.2 Å². The first-order valence-electron chi connectivity index (χ1n) is 5.57. The van der Waals surface area contributed by atoms with Crippen molar-refractivity contribution in [3.05, 3.63) is 63.5 Å². The topological polar surface area (TPSA) is 114 Å². The van der Waals surface area contributed by atoms with Crippen molar-refractivity contribution in [1.29, 1.82) is 0 Å². The lowest BCUT2D eigenvalue weighted by Gasteiger charge is -2.07. The Balaban J connectivity index is 1.99. The smallest absolute Gasteiger partial charge is 0.273 e. The van der Waals surface area contributed by atoms with Gasteiger partial charge in [0.25, 0.3) is 11.5 Å². The Morgan fingerprint density at radius 2 is 2.10 bits per heavy atom. The number of carbonyl (C=O) groups excluding carboxylic acids is 1. The number of nitrogens with one attached hydrogen (secondary N) is 2. The molecule has 0 aromatic carbocycles. The highest BCUT2D eigenvalue weighted by molar-refractivity contribution is 6.03. The lowest BCUT2D eigenvalue weighted by Crippen LogP contribution is -2.37. The van der Waals surface area contributed by atoms with Crippen molar-refractivity contribution >= 4 is 11.4 Å². The Morgan fingerprint density at radius 1 is 1.25 bits per heavy atom. The molecular formula is C11H8N6O3. The molecular weight excluding hydrogens is 264 g/mol. The number of aromatic amines is 1. The lowest BCUT2D eigenvalue weighted by atomic mass is 10.3. The van der Waals surface area contributed by atoms with E-state index in [1.165, 1.54) is 10.8 Å². The van der Waals surface area contributed by atoms with Crippen molar-refractivity contribution < 1.29 is 4.79 Å². The molecule has 2 N–H and O–H groups in total. The van der Waals surface area contributed by atoms with Gasteiger partial charge in [-0.05, 0) is 12.1 Å². The van der Waals surface area contributed by atoms with Crippen molar-refractivity contribution in [3.8, 4) is 0 Å². The van der Waals surface area contributed by atoms with Crippen LogP contribution >= 0.6 is 0 Å². The number of hydrogen-bond donors (Lipinski definition) is 2. The third-order valence-electron chi connectivity index (χ3n) is 2.59. The first kappa shape index (κ1) is 11.8. The standard InChI is InChI=1S/C11H8N6O3/c18-8-3-5-17(11(20)14-8)15-10(19)9-7-2-1-4-16(7)13-6-12-9/h1-6H,(H,15,19)(H,14,18,20). The summed E-state index contributed by atoms with van der Waals surface area (Å²) in [5, 5.41) is 3.93. The summed E-state index contributed by atoms with van der Waals surface area (Å²) in [6, 6.07) is 4.51. The summed E-state index contributed by atoms with van der Waals surface area (Å²) in [6.07, 6.45) is 4.06. The summed E-state index contributed by atoms with van der Waals surface area (Å²) in [5.74, 6) is -0.592. The minimum Gasteiger partial charge on any atom is -0.273 e. The third-order valence-corrected chi connectivity index (χ3v) is 2.59. The van der Waals surface area contributed by atoms with E-state index in [0.29, 0.717) is 5.52 Å². The van der Waals surface area contributed by atoms with Crippen LogP contribution in [0.3, 0.4) is 0 Å². The highest BCUT2D eigenvalue weighted by Crippen LogP contribution is 2.06. The lowest BCUT2D eigenvalue weighted by molar-refractivity contribution is 0.100. The maximum Gasteiger partial charge on any atom is 0.347 e. The van der Waals surface area contributed by atoms with Crippen molar-refractivity contribution in [1.82, 2.24) is 24.3 Å². The van der Waals surface area contributed by atoms with Crippen molar-refractivity contribution in [3.63, 3.8) is 0 Å². The first-order valence-corrected chi connectivity index (χ1v) is 5.57. The molecule has 0 aliphatic rings. The minimum absolute atomic E-state index is 0.114. The highest BCUT2D eigenvalue weighted by Gasteiger charge is 2.13. The zero-order valence-electron chi connectivity index (χ0n) is 9.98. The van der Waals surface area contributed by atoms with Gasteiger partial charge in [-0.3, -0.25) is 20.0 Å². The molecule has 3 aromatic heterocycles. The molecule has 0 saturated carbocycles. The van der Waals surface area contributed by atoms with Crippen LogP contribution in [0.15, 0.2) is 46.5 Å². The van der Waals surface area contributed by atoms with Gasteiger partial charge in [0.05, 0.1) is 5.52 Å². The van der Waals surface area contributed by atoms with E-state index in [1.54, 1.807) is 18.3 Å². The molecule has 0 radical (unpaired) electrons. The summed E-state index contributed by atoms with van der Waals surface area (Å²) in [6.45, 7) is 0. The number of nitrogens with zero attached hydrogens (tertiary/aromatic N) is 4. The average Bonchev–Trinajstić information content (AvgIpc) is 2.90. The van der Waals surface area contributed by atoms with Gasteiger partial charge in [-0.15, -0.1) is 0 Å². The normalized spacial score (nSPS) is 10.6. The zero-order chi connectivity index (χ0) is 14.1. The predicted molar refractivity (Wildman–Crippen MR) is 68.0 cm³/mol. The van der Waals surface area contributed by atoms with Gasteiger partial charge in [-0.2, -0.15) is 5.10 Å². The Kier molecular flexibility index (Phi) is 2.64. The fraction of sp³-hybridized carbons (Fsp3) is 0. The van der Waals surface area contributed by atoms with Crippen LogP contribution in [0.2, 0.25) is 0 Å². The maximum absolute atomic E-state index is 12.1. The fourth-order valence-corrected chi connectivity index (χ4v) is 1.71. The molecule has 0 aliphatic carbocycles. The van der Waals surface area contributed by atoms with E-state index < -0.39 is 17.2 Å². The number of hydrogen-bond acceptors (Lipinski definition) is 5. The molecule has 0 spiro atoms. The summed E-state index contributed by atoms with van der Waals surface area (Å²) in [7, 11) is 0.